The number of carboxylic acids is 1. The Labute approximate surface area is 114 Å². The van der Waals surface area contributed by atoms with Crippen LogP contribution in [0.25, 0.3) is 0 Å². The highest BCUT2D eigenvalue weighted by atomic mass is 16.4. The lowest BCUT2D eigenvalue weighted by Gasteiger charge is -2.32. The highest BCUT2D eigenvalue weighted by Gasteiger charge is 2.42. The van der Waals surface area contributed by atoms with Gasteiger partial charge in [0.15, 0.2) is 0 Å². The van der Waals surface area contributed by atoms with Crippen LogP contribution in [0.2, 0.25) is 0 Å². The molecule has 0 bridgehead atoms. The van der Waals surface area contributed by atoms with Crippen LogP contribution in [-0.2, 0) is 4.79 Å². The van der Waals surface area contributed by atoms with Crippen LogP contribution in [-0.4, -0.2) is 40.1 Å². The van der Waals surface area contributed by atoms with Crippen LogP contribution in [0.5, 0.6) is 0 Å². The fourth-order valence-corrected chi connectivity index (χ4v) is 2.42. The molecule has 108 valence electrons. The van der Waals surface area contributed by atoms with Gasteiger partial charge in [0.2, 0.25) is 0 Å². The zero-order valence-corrected chi connectivity index (χ0v) is 11.8. The lowest BCUT2D eigenvalue weighted by molar-refractivity contribution is -0.144. The average molecular weight is 268 g/mol. The molecule has 0 aromatic carbocycles. The van der Waals surface area contributed by atoms with Crippen molar-refractivity contribution in [2.45, 2.75) is 64.0 Å². The molecule has 2 fully saturated rings. The molecule has 0 aromatic rings. The van der Waals surface area contributed by atoms with E-state index >= 15 is 0 Å². The number of hydrogen-bond acceptors (Lipinski definition) is 2. The number of carbonyl (C=O) groups is 2. The summed E-state index contributed by atoms with van der Waals surface area (Å²) in [5.41, 5.74) is -1.12. The maximum Gasteiger partial charge on any atom is 0.329 e. The van der Waals surface area contributed by atoms with Crippen LogP contribution in [0.3, 0.4) is 0 Å². The first-order chi connectivity index (χ1) is 9.02. The zero-order chi connectivity index (χ0) is 14.0. The van der Waals surface area contributed by atoms with Crippen molar-refractivity contribution < 1.29 is 14.7 Å². The number of aliphatic carboxylic acids is 1. The molecule has 0 radical (unpaired) electrons. The maximum atomic E-state index is 12.4. The standard InChI is InChI=1S/C14H24N2O3/c1-3-14(4-2,12(17)18)15-13(19)16(11-7-8-11)9-10-5-6-10/h10-11H,3-9H2,1-2H3,(H,15,19)(H,17,18). The Hall–Kier alpha value is -1.26. The summed E-state index contributed by atoms with van der Waals surface area (Å²) in [6, 6.07) is 0.140. The summed E-state index contributed by atoms with van der Waals surface area (Å²) in [6.07, 6.45) is 5.32. The average Bonchev–Trinajstić information content (AvgIpc) is 3.26. The molecule has 0 unspecified atom stereocenters. The second-order valence-electron chi connectivity index (χ2n) is 5.85. The second kappa shape index (κ2) is 5.39. The Kier molecular flexibility index (Phi) is 4.02. The van der Waals surface area contributed by atoms with Gasteiger partial charge in [-0.05, 0) is 44.4 Å². The molecular formula is C14H24N2O3. The van der Waals surface area contributed by atoms with E-state index in [1.807, 2.05) is 4.90 Å². The van der Waals surface area contributed by atoms with Gasteiger partial charge >= 0.3 is 12.0 Å². The number of nitrogens with zero attached hydrogens (tertiary/aromatic N) is 1. The van der Waals surface area contributed by atoms with Gasteiger partial charge in [-0.15, -0.1) is 0 Å². The third-order valence-electron chi connectivity index (χ3n) is 4.36. The van der Waals surface area contributed by atoms with Crippen molar-refractivity contribution in [2.75, 3.05) is 6.54 Å². The SMILES string of the molecule is CCC(CC)(NC(=O)N(CC1CC1)C1CC1)C(=O)O. The fraction of sp³-hybridized carbons (Fsp3) is 0.857. The molecular weight excluding hydrogens is 244 g/mol. The van der Waals surface area contributed by atoms with E-state index < -0.39 is 11.5 Å². The Balaban J connectivity index is 2.01. The summed E-state index contributed by atoms with van der Waals surface area (Å²) in [5.74, 6) is -0.304. The first kappa shape index (κ1) is 14.2. The van der Waals surface area contributed by atoms with Crippen LogP contribution < -0.4 is 5.32 Å². The molecule has 2 rings (SSSR count). The van der Waals surface area contributed by atoms with E-state index in [2.05, 4.69) is 5.32 Å². The monoisotopic (exact) mass is 268 g/mol. The lowest BCUT2D eigenvalue weighted by Crippen LogP contribution is -2.58. The van der Waals surface area contributed by atoms with E-state index in [0.29, 0.717) is 24.8 Å². The van der Waals surface area contributed by atoms with E-state index in [0.717, 1.165) is 19.4 Å². The molecule has 2 aliphatic rings. The fourth-order valence-electron chi connectivity index (χ4n) is 2.42. The highest BCUT2D eigenvalue weighted by molar-refractivity contribution is 5.86. The number of hydrogen-bond donors (Lipinski definition) is 2. The number of urea groups is 1. The molecule has 0 aliphatic heterocycles. The summed E-state index contributed by atoms with van der Waals surface area (Å²) in [7, 11) is 0. The predicted molar refractivity (Wildman–Crippen MR) is 71.9 cm³/mol. The van der Waals surface area contributed by atoms with E-state index in [1.165, 1.54) is 12.8 Å². The van der Waals surface area contributed by atoms with Gasteiger partial charge in [-0.1, -0.05) is 13.8 Å². The third-order valence-corrected chi connectivity index (χ3v) is 4.36. The molecule has 0 atom stereocenters. The zero-order valence-electron chi connectivity index (χ0n) is 11.8. The van der Waals surface area contributed by atoms with Gasteiger partial charge in [-0.2, -0.15) is 0 Å². The first-order valence-corrected chi connectivity index (χ1v) is 7.34. The quantitative estimate of drug-likeness (QED) is 0.743. The molecule has 2 amide bonds. The molecule has 0 heterocycles. The number of rotatable bonds is 7. The Morgan fingerprint density at radius 3 is 2.16 bits per heavy atom. The first-order valence-electron chi connectivity index (χ1n) is 7.34. The molecule has 2 N–H and O–H groups in total. The smallest absolute Gasteiger partial charge is 0.329 e. The minimum Gasteiger partial charge on any atom is -0.480 e. The van der Waals surface area contributed by atoms with E-state index in [-0.39, 0.29) is 6.03 Å². The predicted octanol–water partition coefficient (Wildman–Crippen LogP) is 2.21. The molecule has 5 heteroatoms. The summed E-state index contributed by atoms with van der Waals surface area (Å²) in [4.78, 5) is 25.7. The molecule has 0 saturated heterocycles. The Morgan fingerprint density at radius 2 is 1.79 bits per heavy atom. The minimum atomic E-state index is -1.12. The van der Waals surface area contributed by atoms with Gasteiger partial charge in [0, 0.05) is 12.6 Å². The van der Waals surface area contributed by atoms with Crippen molar-refractivity contribution in [1.82, 2.24) is 10.2 Å². The van der Waals surface area contributed by atoms with Gasteiger partial charge in [0.25, 0.3) is 0 Å². The van der Waals surface area contributed by atoms with E-state index in [4.69, 9.17) is 0 Å². The Bertz CT molecular complexity index is 358. The van der Waals surface area contributed by atoms with Gasteiger partial charge in [0.05, 0.1) is 0 Å². The highest BCUT2D eigenvalue weighted by Crippen LogP contribution is 2.35. The van der Waals surface area contributed by atoms with Crippen LogP contribution >= 0.6 is 0 Å². The topological polar surface area (TPSA) is 69.6 Å². The maximum absolute atomic E-state index is 12.4. The van der Waals surface area contributed by atoms with Crippen LogP contribution in [0.1, 0.15) is 52.4 Å². The van der Waals surface area contributed by atoms with Crippen LogP contribution in [0.4, 0.5) is 4.79 Å². The largest absolute Gasteiger partial charge is 0.480 e. The lowest BCUT2D eigenvalue weighted by atomic mass is 9.93. The Morgan fingerprint density at radius 1 is 1.21 bits per heavy atom. The minimum absolute atomic E-state index is 0.194. The summed E-state index contributed by atoms with van der Waals surface area (Å²) < 4.78 is 0. The number of carboxylic acid groups (broad SMARTS) is 1. The molecule has 19 heavy (non-hydrogen) atoms. The molecule has 0 aromatic heterocycles. The third kappa shape index (κ3) is 3.19. The number of carbonyl (C=O) groups excluding carboxylic acids is 1. The van der Waals surface area contributed by atoms with Gasteiger partial charge in [0.1, 0.15) is 5.54 Å². The van der Waals surface area contributed by atoms with Crippen LogP contribution in [0.15, 0.2) is 0 Å². The normalized spacial score (nSPS) is 19.1. The molecule has 0 spiro atoms. The van der Waals surface area contributed by atoms with Gasteiger partial charge in [-0.3, -0.25) is 0 Å². The second-order valence-corrected chi connectivity index (χ2v) is 5.85. The van der Waals surface area contributed by atoms with Gasteiger partial charge < -0.3 is 15.3 Å². The van der Waals surface area contributed by atoms with Crippen molar-refractivity contribution in [3.8, 4) is 0 Å². The van der Waals surface area contributed by atoms with E-state index in [1.54, 1.807) is 13.8 Å². The molecule has 2 saturated carbocycles. The van der Waals surface area contributed by atoms with Crippen molar-refractivity contribution in [3.63, 3.8) is 0 Å². The molecule has 5 nitrogen and oxygen atoms in total. The van der Waals surface area contributed by atoms with Crippen LogP contribution in [0, 0.1) is 5.92 Å². The van der Waals surface area contributed by atoms with Crippen molar-refractivity contribution >= 4 is 12.0 Å². The number of amides is 2. The summed E-state index contributed by atoms with van der Waals surface area (Å²) >= 11 is 0. The summed E-state index contributed by atoms with van der Waals surface area (Å²) in [5, 5.41) is 12.1. The van der Waals surface area contributed by atoms with Crippen molar-refractivity contribution in [2.24, 2.45) is 5.92 Å². The summed E-state index contributed by atoms with van der Waals surface area (Å²) in [6.45, 7) is 4.40. The van der Waals surface area contributed by atoms with Crippen molar-refractivity contribution in [1.29, 1.82) is 0 Å². The number of nitrogens with one attached hydrogen (secondary N) is 1. The molecule has 2 aliphatic carbocycles. The van der Waals surface area contributed by atoms with E-state index in [9.17, 15) is 14.7 Å². The van der Waals surface area contributed by atoms with Gasteiger partial charge in [-0.25, -0.2) is 9.59 Å². The van der Waals surface area contributed by atoms with Crippen molar-refractivity contribution in [3.05, 3.63) is 0 Å².